The number of ether oxygens (including phenoxy) is 1. The van der Waals surface area contributed by atoms with Crippen molar-refractivity contribution in [3.63, 3.8) is 0 Å². The quantitative estimate of drug-likeness (QED) is 0.722. The van der Waals surface area contributed by atoms with E-state index in [9.17, 15) is 9.59 Å². The zero-order valence-corrected chi connectivity index (χ0v) is 17.9. The lowest BCUT2D eigenvalue weighted by Gasteiger charge is -2.31. The number of aromatic nitrogens is 3. The lowest BCUT2D eigenvalue weighted by atomic mass is 9.84. The summed E-state index contributed by atoms with van der Waals surface area (Å²) in [5.41, 5.74) is 2.62. The lowest BCUT2D eigenvalue weighted by Crippen LogP contribution is -2.40. The van der Waals surface area contributed by atoms with Crippen molar-refractivity contribution in [3.8, 4) is 0 Å². The summed E-state index contributed by atoms with van der Waals surface area (Å²) in [7, 11) is 1.84. The Labute approximate surface area is 171 Å². The first kappa shape index (κ1) is 21.1. The topological polar surface area (TPSA) is 98.1 Å². The minimum absolute atomic E-state index is 0.0259. The van der Waals surface area contributed by atoms with Crippen LogP contribution in [0.5, 0.6) is 0 Å². The zero-order chi connectivity index (χ0) is 21.1. The van der Waals surface area contributed by atoms with Crippen LogP contribution in [0.3, 0.4) is 0 Å². The fourth-order valence-electron chi connectivity index (χ4n) is 4.09. The van der Waals surface area contributed by atoms with Crippen LogP contribution in [0, 0.1) is 12.8 Å². The molecule has 0 radical (unpaired) electrons. The van der Waals surface area contributed by atoms with Crippen molar-refractivity contribution in [1.29, 1.82) is 0 Å². The maximum absolute atomic E-state index is 12.6. The molecule has 1 amide bonds. The van der Waals surface area contributed by atoms with Gasteiger partial charge in [0, 0.05) is 31.2 Å². The molecule has 0 saturated heterocycles. The number of rotatable bonds is 6. The van der Waals surface area contributed by atoms with Crippen LogP contribution in [0.25, 0.3) is 11.0 Å². The van der Waals surface area contributed by atoms with E-state index < -0.39 is 5.97 Å². The molecule has 1 saturated carbocycles. The Balaban J connectivity index is 1.92. The van der Waals surface area contributed by atoms with Crippen molar-refractivity contribution < 1.29 is 14.3 Å². The fourth-order valence-corrected chi connectivity index (χ4v) is 4.09. The molecule has 8 heteroatoms. The van der Waals surface area contributed by atoms with E-state index in [0.29, 0.717) is 23.5 Å². The zero-order valence-electron chi connectivity index (χ0n) is 17.9. The Morgan fingerprint density at radius 2 is 2.10 bits per heavy atom. The van der Waals surface area contributed by atoms with E-state index in [1.54, 1.807) is 17.8 Å². The molecule has 2 aromatic heterocycles. The van der Waals surface area contributed by atoms with E-state index in [1.165, 1.54) is 0 Å². The predicted octanol–water partition coefficient (Wildman–Crippen LogP) is 2.95. The molecule has 1 aliphatic carbocycles. The third kappa shape index (κ3) is 4.52. The third-order valence-electron chi connectivity index (χ3n) is 5.35. The number of aryl methyl sites for hydroxylation is 2. The van der Waals surface area contributed by atoms with Gasteiger partial charge in [0.1, 0.15) is 5.56 Å². The Morgan fingerprint density at radius 1 is 1.34 bits per heavy atom. The van der Waals surface area contributed by atoms with E-state index in [-0.39, 0.29) is 23.9 Å². The number of pyridine rings is 1. The molecule has 0 bridgehead atoms. The number of carbonyl (C=O) groups excluding carboxylic acids is 2. The smallest absolute Gasteiger partial charge is 0.341 e. The molecule has 2 N–H and O–H groups in total. The van der Waals surface area contributed by atoms with Crippen molar-refractivity contribution in [2.24, 2.45) is 13.0 Å². The normalized spacial score (nSPS) is 19.4. The largest absolute Gasteiger partial charge is 0.462 e. The van der Waals surface area contributed by atoms with E-state index in [1.807, 2.05) is 27.8 Å². The van der Waals surface area contributed by atoms with Gasteiger partial charge in [0.15, 0.2) is 5.65 Å². The summed E-state index contributed by atoms with van der Waals surface area (Å²) < 4.78 is 6.96. The SMILES string of the molecule is CCOC(=O)c1cnc2c(c(C)nn2C)c1NC1CCCC(C(=O)NC(C)C)C1. The number of hydrogen-bond acceptors (Lipinski definition) is 6. The van der Waals surface area contributed by atoms with Gasteiger partial charge in [-0.15, -0.1) is 0 Å². The highest BCUT2D eigenvalue weighted by molar-refractivity contribution is 6.05. The lowest BCUT2D eigenvalue weighted by molar-refractivity contribution is -0.126. The van der Waals surface area contributed by atoms with Gasteiger partial charge in [0.2, 0.25) is 5.91 Å². The minimum atomic E-state index is -0.405. The molecule has 2 heterocycles. The summed E-state index contributed by atoms with van der Waals surface area (Å²) >= 11 is 0. The molecule has 1 fully saturated rings. The molecular weight excluding hydrogens is 370 g/mol. The summed E-state index contributed by atoms with van der Waals surface area (Å²) in [5.74, 6) is -0.325. The first-order valence-corrected chi connectivity index (χ1v) is 10.4. The van der Waals surface area contributed by atoms with Crippen LogP contribution in [0.4, 0.5) is 5.69 Å². The molecule has 29 heavy (non-hydrogen) atoms. The van der Waals surface area contributed by atoms with Gasteiger partial charge < -0.3 is 15.4 Å². The van der Waals surface area contributed by atoms with E-state index in [4.69, 9.17) is 4.74 Å². The first-order valence-electron chi connectivity index (χ1n) is 10.4. The highest BCUT2D eigenvalue weighted by atomic mass is 16.5. The fraction of sp³-hybridized carbons (Fsp3) is 0.619. The maximum Gasteiger partial charge on any atom is 0.341 e. The Morgan fingerprint density at radius 3 is 2.79 bits per heavy atom. The third-order valence-corrected chi connectivity index (χ3v) is 5.35. The van der Waals surface area contributed by atoms with Gasteiger partial charge in [-0.1, -0.05) is 6.42 Å². The van der Waals surface area contributed by atoms with Gasteiger partial charge in [0.05, 0.1) is 23.4 Å². The van der Waals surface area contributed by atoms with E-state index in [0.717, 1.165) is 36.8 Å². The highest BCUT2D eigenvalue weighted by Gasteiger charge is 2.29. The summed E-state index contributed by atoms with van der Waals surface area (Å²) in [4.78, 5) is 29.5. The van der Waals surface area contributed by atoms with Crippen LogP contribution in [0.1, 0.15) is 62.5 Å². The van der Waals surface area contributed by atoms with Crippen LogP contribution < -0.4 is 10.6 Å². The van der Waals surface area contributed by atoms with Crippen molar-refractivity contribution in [2.45, 2.75) is 65.5 Å². The molecule has 1 aliphatic rings. The molecule has 2 unspecified atom stereocenters. The minimum Gasteiger partial charge on any atom is -0.462 e. The first-order chi connectivity index (χ1) is 13.8. The van der Waals surface area contributed by atoms with Gasteiger partial charge in [-0.05, 0) is 47.0 Å². The molecule has 0 aliphatic heterocycles. The van der Waals surface area contributed by atoms with E-state index in [2.05, 4.69) is 20.7 Å². The Hall–Kier alpha value is -2.64. The van der Waals surface area contributed by atoms with Gasteiger partial charge in [-0.2, -0.15) is 5.10 Å². The highest BCUT2D eigenvalue weighted by Crippen LogP contribution is 2.33. The number of hydrogen-bond donors (Lipinski definition) is 2. The van der Waals surface area contributed by atoms with Gasteiger partial charge in [-0.25, -0.2) is 9.78 Å². The average Bonchev–Trinajstić information content (AvgIpc) is 2.96. The van der Waals surface area contributed by atoms with Crippen LogP contribution in [-0.4, -0.2) is 45.3 Å². The maximum atomic E-state index is 12.6. The Kier molecular flexibility index (Phi) is 6.39. The number of esters is 1. The molecule has 2 atom stereocenters. The van der Waals surface area contributed by atoms with Crippen molar-refractivity contribution in [3.05, 3.63) is 17.5 Å². The standard InChI is InChI=1S/C21H31N5O3/c1-6-29-21(28)16-11-22-19-17(13(4)25-26(19)5)18(16)24-15-9-7-8-14(10-15)20(27)23-12(2)3/h11-12,14-15H,6-10H2,1-5H3,(H,22,24)(H,23,27). The molecule has 8 nitrogen and oxygen atoms in total. The number of nitrogens with one attached hydrogen (secondary N) is 2. The van der Waals surface area contributed by atoms with Gasteiger partial charge in [0.25, 0.3) is 0 Å². The molecule has 3 rings (SSSR count). The molecule has 2 aromatic rings. The molecule has 158 valence electrons. The second kappa shape index (κ2) is 8.80. The molecular formula is C21H31N5O3. The van der Waals surface area contributed by atoms with Crippen LogP contribution >= 0.6 is 0 Å². The number of anilines is 1. The summed E-state index contributed by atoms with van der Waals surface area (Å²) in [6.45, 7) is 7.93. The second-order valence-corrected chi connectivity index (χ2v) is 8.04. The van der Waals surface area contributed by atoms with Crippen LogP contribution in [0.2, 0.25) is 0 Å². The van der Waals surface area contributed by atoms with E-state index >= 15 is 0 Å². The van der Waals surface area contributed by atoms with Crippen molar-refractivity contribution in [1.82, 2.24) is 20.1 Å². The van der Waals surface area contributed by atoms with Gasteiger partial charge >= 0.3 is 5.97 Å². The summed E-state index contributed by atoms with van der Waals surface area (Å²) in [6, 6.07) is 0.217. The van der Waals surface area contributed by atoms with Gasteiger partial charge in [-0.3, -0.25) is 9.48 Å². The van der Waals surface area contributed by atoms with Crippen molar-refractivity contribution >= 4 is 28.6 Å². The predicted molar refractivity (Wildman–Crippen MR) is 112 cm³/mol. The number of carbonyl (C=O) groups is 2. The van der Waals surface area contributed by atoms with Crippen LogP contribution in [0.15, 0.2) is 6.20 Å². The number of amides is 1. The van der Waals surface area contributed by atoms with Crippen molar-refractivity contribution in [2.75, 3.05) is 11.9 Å². The average molecular weight is 402 g/mol. The van der Waals surface area contributed by atoms with Crippen LogP contribution in [-0.2, 0) is 16.6 Å². The molecule has 0 spiro atoms. The number of nitrogens with zero attached hydrogens (tertiary/aromatic N) is 3. The monoisotopic (exact) mass is 401 g/mol. The number of fused-ring (bicyclic) bond motifs is 1. The summed E-state index contributed by atoms with van der Waals surface area (Å²) in [6.07, 6.45) is 5.07. The molecule has 0 aromatic carbocycles. The summed E-state index contributed by atoms with van der Waals surface area (Å²) in [5, 5.41) is 11.9. The Bertz CT molecular complexity index is 905. The second-order valence-electron chi connectivity index (χ2n) is 8.04.